The van der Waals surface area contributed by atoms with Crippen LogP contribution in [0.15, 0.2) is 30.3 Å². The Labute approximate surface area is 98.0 Å². The summed E-state index contributed by atoms with van der Waals surface area (Å²) in [6, 6.07) is 8.28. The lowest BCUT2D eigenvalue weighted by Crippen LogP contribution is -2.09. The van der Waals surface area contributed by atoms with Crippen molar-refractivity contribution in [1.29, 1.82) is 0 Å². The normalized spacial score (nSPS) is 10.0. The van der Waals surface area contributed by atoms with E-state index in [0.717, 1.165) is 0 Å². The molecule has 0 amide bonds. The van der Waals surface area contributed by atoms with Crippen LogP contribution in [0.3, 0.4) is 0 Å². The highest BCUT2D eigenvalue weighted by Crippen LogP contribution is 2.31. The van der Waals surface area contributed by atoms with Crippen LogP contribution in [0.4, 0.5) is 5.82 Å². The predicted octanol–water partition coefficient (Wildman–Crippen LogP) is 1.14. The largest absolute Gasteiger partial charge is 0.507 e. The van der Waals surface area contributed by atoms with Crippen LogP contribution in [0.25, 0.3) is 11.3 Å². The lowest BCUT2D eigenvalue weighted by atomic mass is 10.1. The fraction of sp³-hybridized carbons (Fsp3) is 0.0909. The Kier molecular flexibility index (Phi) is 3.06. The maximum atomic E-state index is 9.75. The SMILES string of the molecule is COc1ccc(O)c(-c2ccc(NN)nn2)c1. The molecule has 1 heterocycles. The van der Waals surface area contributed by atoms with Gasteiger partial charge >= 0.3 is 0 Å². The molecule has 0 radical (unpaired) electrons. The lowest BCUT2D eigenvalue weighted by Gasteiger charge is -2.06. The number of phenolic OH excluding ortho intramolecular Hbond substituents is 1. The van der Waals surface area contributed by atoms with Crippen LogP contribution in [0.1, 0.15) is 0 Å². The van der Waals surface area contributed by atoms with Gasteiger partial charge in [-0.25, -0.2) is 5.84 Å². The standard InChI is InChI=1S/C11H12N4O2/c1-17-7-2-4-10(16)8(6-7)9-3-5-11(13-12)15-14-9/h2-6,16H,12H2,1H3,(H,13,15). The first-order valence-electron chi connectivity index (χ1n) is 4.92. The first-order valence-corrected chi connectivity index (χ1v) is 4.92. The molecule has 0 saturated carbocycles. The minimum atomic E-state index is 0.119. The first-order chi connectivity index (χ1) is 8.24. The first kappa shape index (κ1) is 11.2. The van der Waals surface area contributed by atoms with E-state index in [1.807, 2.05) is 0 Å². The number of hydrogen-bond donors (Lipinski definition) is 3. The molecular formula is C11H12N4O2. The molecule has 2 rings (SSSR count). The number of nitrogen functional groups attached to an aromatic ring is 1. The highest BCUT2D eigenvalue weighted by Gasteiger charge is 2.08. The monoisotopic (exact) mass is 232 g/mol. The predicted molar refractivity (Wildman–Crippen MR) is 63.5 cm³/mol. The molecule has 88 valence electrons. The molecule has 0 saturated heterocycles. The van der Waals surface area contributed by atoms with Crippen molar-refractivity contribution in [2.24, 2.45) is 5.84 Å². The van der Waals surface area contributed by atoms with Gasteiger partial charge < -0.3 is 15.3 Å². The fourth-order valence-electron chi connectivity index (χ4n) is 1.40. The summed E-state index contributed by atoms with van der Waals surface area (Å²) in [4.78, 5) is 0. The summed E-state index contributed by atoms with van der Waals surface area (Å²) in [5.41, 5.74) is 3.48. The lowest BCUT2D eigenvalue weighted by molar-refractivity contribution is 0.412. The molecule has 0 unspecified atom stereocenters. The molecule has 0 aliphatic heterocycles. The highest BCUT2D eigenvalue weighted by molar-refractivity contribution is 5.68. The zero-order valence-corrected chi connectivity index (χ0v) is 9.21. The zero-order valence-electron chi connectivity index (χ0n) is 9.21. The van der Waals surface area contributed by atoms with Crippen LogP contribution in [0, 0.1) is 0 Å². The topological polar surface area (TPSA) is 93.3 Å². The van der Waals surface area contributed by atoms with Crippen molar-refractivity contribution >= 4 is 5.82 Å². The van der Waals surface area contributed by atoms with Gasteiger partial charge in [0.15, 0.2) is 5.82 Å². The molecule has 0 bridgehead atoms. The van der Waals surface area contributed by atoms with Gasteiger partial charge in [-0.2, -0.15) is 0 Å². The number of aromatic hydroxyl groups is 1. The molecule has 2 aromatic rings. The fourth-order valence-corrected chi connectivity index (χ4v) is 1.40. The van der Waals surface area contributed by atoms with Gasteiger partial charge in [0.2, 0.25) is 0 Å². The Morgan fingerprint density at radius 3 is 2.65 bits per heavy atom. The number of rotatable bonds is 3. The Balaban J connectivity index is 2.43. The van der Waals surface area contributed by atoms with Crippen molar-refractivity contribution in [3.63, 3.8) is 0 Å². The summed E-state index contributed by atoms with van der Waals surface area (Å²) in [6.07, 6.45) is 0. The van der Waals surface area contributed by atoms with Gasteiger partial charge in [-0.05, 0) is 30.3 Å². The van der Waals surface area contributed by atoms with Crippen LogP contribution >= 0.6 is 0 Å². The van der Waals surface area contributed by atoms with Crippen molar-refractivity contribution in [3.8, 4) is 22.8 Å². The zero-order chi connectivity index (χ0) is 12.3. The summed E-state index contributed by atoms with van der Waals surface area (Å²) in [7, 11) is 1.56. The molecule has 0 aliphatic rings. The molecule has 0 aliphatic carbocycles. The minimum Gasteiger partial charge on any atom is -0.507 e. The molecule has 17 heavy (non-hydrogen) atoms. The molecule has 0 atom stereocenters. The van der Waals surface area contributed by atoms with Crippen molar-refractivity contribution in [2.45, 2.75) is 0 Å². The van der Waals surface area contributed by atoms with Gasteiger partial charge in [-0.1, -0.05) is 0 Å². The van der Waals surface area contributed by atoms with Crippen LogP contribution in [0.5, 0.6) is 11.5 Å². The van der Waals surface area contributed by atoms with Gasteiger partial charge in [-0.15, -0.1) is 10.2 Å². The van der Waals surface area contributed by atoms with E-state index in [0.29, 0.717) is 22.8 Å². The molecule has 1 aromatic carbocycles. The Hall–Kier alpha value is -2.34. The maximum absolute atomic E-state index is 9.75. The number of ether oxygens (including phenoxy) is 1. The molecule has 6 heteroatoms. The van der Waals surface area contributed by atoms with Gasteiger partial charge in [0.25, 0.3) is 0 Å². The third kappa shape index (κ3) is 2.26. The second-order valence-corrected chi connectivity index (χ2v) is 3.33. The number of methoxy groups -OCH3 is 1. The average Bonchev–Trinajstić information content (AvgIpc) is 2.39. The van der Waals surface area contributed by atoms with Gasteiger partial charge in [0.1, 0.15) is 11.5 Å². The Bertz CT molecular complexity index is 513. The number of nitrogens with two attached hydrogens (primary N) is 1. The van der Waals surface area contributed by atoms with E-state index in [4.69, 9.17) is 10.6 Å². The Morgan fingerprint density at radius 2 is 2.06 bits per heavy atom. The second kappa shape index (κ2) is 4.67. The number of anilines is 1. The van der Waals surface area contributed by atoms with Crippen molar-refractivity contribution < 1.29 is 9.84 Å². The molecule has 1 aromatic heterocycles. The smallest absolute Gasteiger partial charge is 0.162 e. The van der Waals surface area contributed by atoms with Crippen LogP contribution in [-0.4, -0.2) is 22.4 Å². The van der Waals surface area contributed by atoms with E-state index in [2.05, 4.69) is 15.6 Å². The minimum absolute atomic E-state index is 0.119. The van der Waals surface area contributed by atoms with Crippen LogP contribution in [0.2, 0.25) is 0 Å². The van der Waals surface area contributed by atoms with E-state index in [-0.39, 0.29) is 5.75 Å². The summed E-state index contributed by atoms with van der Waals surface area (Å²) >= 11 is 0. The Morgan fingerprint density at radius 1 is 1.24 bits per heavy atom. The third-order valence-corrected chi connectivity index (χ3v) is 2.29. The summed E-state index contributed by atoms with van der Waals surface area (Å²) in [5.74, 6) is 6.41. The number of phenols is 1. The number of benzene rings is 1. The summed E-state index contributed by atoms with van der Waals surface area (Å²) in [6.45, 7) is 0. The summed E-state index contributed by atoms with van der Waals surface area (Å²) < 4.78 is 5.08. The highest BCUT2D eigenvalue weighted by atomic mass is 16.5. The van der Waals surface area contributed by atoms with E-state index >= 15 is 0 Å². The van der Waals surface area contributed by atoms with E-state index < -0.39 is 0 Å². The molecule has 4 N–H and O–H groups in total. The number of nitrogens with zero attached hydrogens (tertiary/aromatic N) is 2. The van der Waals surface area contributed by atoms with E-state index in [9.17, 15) is 5.11 Å². The number of hydrogen-bond acceptors (Lipinski definition) is 6. The molecular weight excluding hydrogens is 220 g/mol. The van der Waals surface area contributed by atoms with Gasteiger partial charge in [-0.3, -0.25) is 0 Å². The van der Waals surface area contributed by atoms with Crippen molar-refractivity contribution in [2.75, 3.05) is 12.5 Å². The number of hydrazine groups is 1. The second-order valence-electron chi connectivity index (χ2n) is 3.33. The molecule has 6 nitrogen and oxygen atoms in total. The van der Waals surface area contributed by atoms with Crippen LogP contribution in [-0.2, 0) is 0 Å². The maximum Gasteiger partial charge on any atom is 0.162 e. The van der Waals surface area contributed by atoms with E-state index in [1.54, 1.807) is 37.4 Å². The van der Waals surface area contributed by atoms with Crippen molar-refractivity contribution in [3.05, 3.63) is 30.3 Å². The quantitative estimate of drug-likeness (QED) is 0.543. The summed E-state index contributed by atoms with van der Waals surface area (Å²) in [5, 5.41) is 17.5. The molecule has 0 spiro atoms. The third-order valence-electron chi connectivity index (χ3n) is 2.29. The number of aromatic nitrogens is 2. The van der Waals surface area contributed by atoms with Gasteiger partial charge in [0, 0.05) is 5.56 Å². The molecule has 0 fully saturated rings. The van der Waals surface area contributed by atoms with E-state index in [1.165, 1.54) is 0 Å². The average molecular weight is 232 g/mol. The van der Waals surface area contributed by atoms with Crippen molar-refractivity contribution in [1.82, 2.24) is 10.2 Å². The number of nitrogens with one attached hydrogen (secondary N) is 1. The van der Waals surface area contributed by atoms with Crippen LogP contribution < -0.4 is 16.0 Å². The van der Waals surface area contributed by atoms with Gasteiger partial charge in [0.05, 0.1) is 12.8 Å².